The van der Waals surface area contributed by atoms with E-state index in [9.17, 15) is 9.18 Å². The van der Waals surface area contributed by atoms with Crippen LogP contribution >= 0.6 is 23.2 Å². The molecular weight excluding hydrogens is 436 g/mol. The summed E-state index contributed by atoms with van der Waals surface area (Å²) in [6.45, 7) is 0.508. The molecule has 31 heavy (non-hydrogen) atoms. The Hall–Kier alpha value is -3.02. The highest BCUT2D eigenvalue weighted by Crippen LogP contribution is 2.39. The van der Waals surface area contributed by atoms with E-state index in [0.29, 0.717) is 28.7 Å². The van der Waals surface area contributed by atoms with Crippen LogP contribution < -0.4 is 5.32 Å². The van der Waals surface area contributed by atoms with E-state index in [-0.39, 0.29) is 17.9 Å². The van der Waals surface area contributed by atoms with Crippen LogP contribution in [0.4, 0.5) is 14.9 Å². The summed E-state index contributed by atoms with van der Waals surface area (Å²) in [5, 5.41) is 5.25. The molecule has 0 fully saturated rings. The maximum atomic E-state index is 13.6. The molecule has 7 heteroatoms. The second kappa shape index (κ2) is 7.91. The molecule has 1 atom stereocenters. The van der Waals surface area contributed by atoms with Gasteiger partial charge in [0, 0.05) is 38.9 Å². The van der Waals surface area contributed by atoms with Crippen LogP contribution in [0.25, 0.3) is 10.9 Å². The molecule has 4 aromatic rings. The number of rotatable bonds is 2. The fourth-order valence-corrected chi connectivity index (χ4v) is 4.50. The van der Waals surface area contributed by atoms with Crippen LogP contribution in [0, 0.1) is 5.82 Å². The Kier molecular flexibility index (Phi) is 5.08. The van der Waals surface area contributed by atoms with Gasteiger partial charge in [0.1, 0.15) is 5.82 Å². The summed E-state index contributed by atoms with van der Waals surface area (Å²) < 4.78 is 13.6. The maximum Gasteiger partial charge on any atom is 0.322 e. The molecule has 1 aliphatic heterocycles. The minimum atomic E-state index is -0.386. The van der Waals surface area contributed by atoms with E-state index in [2.05, 4.69) is 10.3 Å². The Balaban J connectivity index is 1.58. The number of halogens is 3. The number of hydrogen-bond acceptors (Lipinski definition) is 1. The third kappa shape index (κ3) is 3.75. The van der Waals surface area contributed by atoms with Gasteiger partial charge in [-0.3, -0.25) is 0 Å². The number of aromatic amines is 1. The summed E-state index contributed by atoms with van der Waals surface area (Å²) in [6.07, 6.45) is 0.682. The van der Waals surface area contributed by atoms with E-state index < -0.39 is 0 Å². The second-order valence-electron chi connectivity index (χ2n) is 7.54. The third-order valence-corrected chi connectivity index (χ3v) is 6.12. The predicted octanol–water partition coefficient (Wildman–Crippen LogP) is 6.79. The van der Waals surface area contributed by atoms with E-state index in [1.54, 1.807) is 41.3 Å². The second-order valence-corrected chi connectivity index (χ2v) is 8.41. The lowest BCUT2D eigenvalue weighted by atomic mass is 9.92. The summed E-state index contributed by atoms with van der Waals surface area (Å²) >= 11 is 12.2. The van der Waals surface area contributed by atoms with Crippen molar-refractivity contribution in [2.45, 2.75) is 12.5 Å². The summed E-state index contributed by atoms with van der Waals surface area (Å²) in [5.41, 5.74) is 4.48. The van der Waals surface area contributed by atoms with Crippen LogP contribution in [-0.2, 0) is 6.42 Å². The molecule has 2 heterocycles. The highest BCUT2D eigenvalue weighted by atomic mass is 35.5. The zero-order valence-corrected chi connectivity index (χ0v) is 17.8. The first kappa shape index (κ1) is 19.9. The van der Waals surface area contributed by atoms with Crippen molar-refractivity contribution in [1.29, 1.82) is 0 Å². The molecule has 156 valence electrons. The molecule has 5 rings (SSSR count). The van der Waals surface area contributed by atoms with E-state index in [0.717, 1.165) is 27.7 Å². The summed E-state index contributed by atoms with van der Waals surface area (Å²) in [7, 11) is 0. The number of urea groups is 1. The minimum absolute atomic E-state index is 0.237. The smallest absolute Gasteiger partial charge is 0.322 e. The number of nitrogens with one attached hydrogen (secondary N) is 2. The van der Waals surface area contributed by atoms with Crippen LogP contribution in [0.15, 0.2) is 66.7 Å². The number of fused-ring (bicyclic) bond motifs is 3. The average molecular weight is 454 g/mol. The van der Waals surface area contributed by atoms with Crippen molar-refractivity contribution in [3.05, 3.63) is 99.4 Å². The van der Waals surface area contributed by atoms with Crippen LogP contribution in [0.5, 0.6) is 0 Å². The van der Waals surface area contributed by atoms with Gasteiger partial charge in [-0.1, -0.05) is 35.3 Å². The zero-order chi connectivity index (χ0) is 21.5. The van der Waals surface area contributed by atoms with Gasteiger partial charge in [0.15, 0.2) is 0 Å². The molecule has 0 bridgehead atoms. The molecule has 2 N–H and O–H groups in total. The number of carbonyl (C=O) groups is 1. The highest BCUT2D eigenvalue weighted by Gasteiger charge is 2.34. The number of benzene rings is 3. The van der Waals surface area contributed by atoms with Gasteiger partial charge in [0.25, 0.3) is 0 Å². The van der Waals surface area contributed by atoms with Crippen molar-refractivity contribution in [3.63, 3.8) is 0 Å². The van der Waals surface area contributed by atoms with Crippen LogP contribution in [0.3, 0.4) is 0 Å². The lowest BCUT2D eigenvalue weighted by molar-refractivity contribution is 0.193. The van der Waals surface area contributed by atoms with Crippen molar-refractivity contribution >= 4 is 45.8 Å². The SMILES string of the molecule is O=C(Nc1ccc(Cl)cc1)N1CCc2c([nH]c3ccc(Cl)cc23)[C@@H]1c1ccc(F)cc1. The summed E-state index contributed by atoms with van der Waals surface area (Å²) in [5.74, 6) is -0.319. The van der Waals surface area contributed by atoms with Gasteiger partial charge in [-0.05, 0) is 72.1 Å². The molecule has 0 radical (unpaired) electrons. The molecule has 0 saturated carbocycles. The number of amides is 2. The van der Waals surface area contributed by atoms with Crippen molar-refractivity contribution in [2.75, 3.05) is 11.9 Å². The number of hydrogen-bond donors (Lipinski definition) is 2. The molecule has 3 aromatic carbocycles. The Bertz CT molecular complexity index is 1270. The van der Waals surface area contributed by atoms with Crippen LogP contribution in [0.1, 0.15) is 22.9 Å². The van der Waals surface area contributed by atoms with Crippen molar-refractivity contribution < 1.29 is 9.18 Å². The maximum absolute atomic E-state index is 13.6. The first-order chi connectivity index (χ1) is 15.0. The number of H-pyrrole nitrogens is 1. The first-order valence-corrected chi connectivity index (χ1v) is 10.6. The van der Waals surface area contributed by atoms with Gasteiger partial charge in [0.05, 0.1) is 6.04 Å². The number of anilines is 1. The van der Waals surface area contributed by atoms with E-state index in [4.69, 9.17) is 23.2 Å². The van der Waals surface area contributed by atoms with Gasteiger partial charge in [-0.2, -0.15) is 0 Å². The predicted molar refractivity (Wildman–Crippen MR) is 122 cm³/mol. The van der Waals surface area contributed by atoms with Gasteiger partial charge < -0.3 is 15.2 Å². The standard InChI is InChI=1S/C24H18Cl2FN3O/c25-15-3-8-18(9-4-15)28-24(31)30-12-11-19-20-13-16(26)5-10-21(20)29-22(19)23(30)14-1-6-17(27)7-2-14/h1-10,13,23,29H,11-12H2,(H,28,31)/t23-/m0/s1. The topological polar surface area (TPSA) is 48.1 Å². The van der Waals surface area contributed by atoms with Crippen molar-refractivity contribution in [3.8, 4) is 0 Å². The molecular formula is C24H18Cl2FN3O. The molecule has 1 aliphatic rings. The highest BCUT2D eigenvalue weighted by molar-refractivity contribution is 6.31. The summed E-state index contributed by atoms with van der Waals surface area (Å²) in [4.78, 5) is 18.5. The van der Waals surface area contributed by atoms with Gasteiger partial charge in [0.2, 0.25) is 0 Å². The monoisotopic (exact) mass is 453 g/mol. The average Bonchev–Trinajstić information content (AvgIpc) is 3.13. The Morgan fingerprint density at radius 3 is 2.45 bits per heavy atom. The zero-order valence-electron chi connectivity index (χ0n) is 16.3. The molecule has 0 aliphatic carbocycles. The molecule has 0 unspecified atom stereocenters. The van der Waals surface area contributed by atoms with E-state index >= 15 is 0 Å². The quantitative estimate of drug-likeness (QED) is 0.344. The number of nitrogens with zero attached hydrogens (tertiary/aromatic N) is 1. The van der Waals surface area contributed by atoms with Crippen molar-refractivity contribution in [2.24, 2.45) is 0 Å². The molecule has 4 nitrogen and oxygen atoms in total. The van der Waals surface area contributed by atoms with Crippen molar-refractivity contribution in [1.82, 2.24) is 9.88 Å². The number of carbonyl (C=O) groups excluding carboxylic acids is 1. The lowest BCUT2D eigenvalue weighted by Gasteiger charge is -2.36. The van der Waals surface area contributed by atoms with Gasteiger partial charge in [-0.15, -0.1) is 0 Å². The molecule has 2 amide bonds. The van der Waals surface area contributed by atoms with Gasteiger partial charge >= 0.3 is 6.03 Å². The molecule has 1 aromatic heterocycles. The van der Waals surface area contributed by atoms with Crippen LogP contribution in [-0.4, -0.2) is 22.5 Å². The van der Waals surface area contributed by atoms with Crippen LogP contribution in [0.2, 0.25) is 10.0 Å². The fraction of sp³-hybridized carbons (Fsp3) is 0.125. The Morgan fingerprint density at radius 2 is 1.71 bits per heavy atom. The largest absolute Gasteiger partial charge is 0.356 e. The Labute approximate surface area is 188 Å². The Morgan fingerprint density at radius 1 is 1.00 bits per heavy atom. The van der Waals surface area contributed by atoms with E-state index in [1.807, 2.05) is 18.2 Å². The normalized spacial score (nSPS) is 15.7. The molecule has 0 spiro atoms. The third-order valence-electron chi connectivity index (χ3n) is 5.63. The fourth-order valence-electron chi connectivity index (χ4n) is 4.20. The molecule has 0 saturated heterocycles. The van der Waals surface area contributed by atoms with E-state index in [1.165, 1.54) is 12.1 Å². The first-order valence-electron chi connectivity index (χ1n) is 9.88. The lowest BCUT2D eigenvalue weighted by Crippen LogP contribution is -2.43. The van der Waals surface area contributed by atoms with Gasteiger partial charge in [-0.25, -0.2) is 9.18 Å². The number of aromatic nitrogens is 1. The summed E-state index contributed by atoms with van der Waals surface area (Å²) in [6, 6.07) is 18.3. The minimum Gasteiger partial charge on any atom is -0.356 e.